The summed E-state index contributed by atoms with van der Waals surface area (Å²) in [4.78, 5) is 4.07. The van der Waals surface area contributed by atoms with Gasteiger partial charge in [0.05, 0.1) is 5.56 Å². The van der Waals surface area contributed by atoms with Gasteiger partial charge in [-0.1, -0.05) is 15.9 Å². The lowest BCUT2D eigenvalue weighted by Crippen LogP contribution is -2.02. The van der Waals surface area contributed by atoms with E-state index in [9.17, 15) is 4.39 Å². The fourth-order valence-electron chi connectivity index (χ4n) is 1.43. The highest BCUT2D eigenvalue weighted by atomic mass is 79.9. The quantitative estimate of drug-likeness (QED) is 0.944. The molecule has 3 nitrogen and oxygen atoms in total. The van der Waals surface area contributed by atoms with E-state index < -0.39 is 0 Å². The minimum atomic E-state index is -0.275. The van der Waals surface area contributed by atoms with Crippen LogP contribution in [0.15, 0.2) is 41.0 Å². The highest BCUT2D eigenvalue weighted by molar-refractivity contribution is 9.10. The van der Waals surface area contributed by atoms with Crippen LogP contribution >= 0.6 is 15.9 Å². The minimum absolute atomic E-state index is 0.275. The molecule has 2 rings (SSSR count). The molecule has 0 unspecified atom stereocenters. The van der Waals surface area contributed by atoms with E-state index in [1.807, 2.05) is 6.07 Å². The lowest BCUT2D eigenvalue weighted by molar-refractivity contribution is 0.625. The highest BCUT2D eigenvalue weighted by Crippen LogP contribution is 2.18. The summed E-state index contributed by atoms with van der Waals surface area (Å²) in [6.07, 6.45) is 1.49. The van der Waals surface area contributed by atoms with E-state index in [-0.39, 0.29) is 5.82 Å². The van der Waals surface area contributed by atoms with Crippen LogP contribution in [-0.2, 0) is 6.54 Å². The fourth-order valence-corrected chi connectivity index (χ4v) is 1.82. The van der Waals surface area contributed by atoms with Crippen molar-refractivity contribution >= 4 is 21.7 Å². The van der Waals surface area contributed by atoms with Gasteiger partial charge in [0.1, 0.15) is 17.7 Å². The Morgan fingerprint density at radius 3 is 2.83 bits per heavy atom. The van der Waals surface area contributed by atoms with Gasteiger partial charge in [0.2, 0.25) is 0 Å². The van der Waals surface area contributed by atoms with Crippen LogP contribution in [0, 0.1) is 17.1 Å². The van der Waals surface area contributed by atoms with Crippen molar-refractivity contribution in [3.8, 4) is 6.07 Å². The van der Waals surface area contributed by atoms with Crippen LogP contribution < -0.4 is 5.32 Å². The third-order valence-electron chi connectivity index (χ3n) is 2.36. The van der Waals surface area contributed by atoms with E-state index in [1.54, 1.807) is 18.2 Å². The van der Waals surface area contributed by atoms with Crippen molar-refractivity contribution in [3.63, 3.8) is 0 Å². The van der Waals surface area contributed by atoms with Gasteiger partial charge in [-0.2, -0.15) is 5.26 Å². The smallest absolute Gasteiger partial charge is 0.126 e. The summed E-state index contributed by atoms with van der Waals surface area (Å²) in [6, 6.07) is 9.91. The van der Waals surface area contributed by atoms with Crippen LogP contribution in [0.2, 0.25) is 0 Å². The Kier molecular flexibility index (Phi) is 3.90. The molecule has 0 bridgehead atoms. The van der Waals surface area contributed by atoms with Crippen LogP contribution in [0.1, 0.15) is 11.1 Å². The molecule has 0 amide bonds. The molecule has 0 aliphatic carbocycles. The van der Waals surface area contributed by atoms with Crippen molar-refractivity contribution in [1.82, 2.24) is 4.98 Å². The van der Waals surface area contributed by atoms with E-state index in [4.69, 9.17) is 5.26 Å². The number of hydrogen-bond donors (Lipinski definition) is 1. The number of aromatic nitrogens is 1. The van der Waals surface area contributed by atoms with Gasteiger partial charge in [-0.3, -0.25) is 0 Å². The van der Waals surface area contributed by atoms with Gasteiger partial charge in [0.15, 0.2) is 0 Å². The van der Waals surface area contributed by atoms with E-state index in [0.717, 1.165) is 10.0 Å². The van der Waals surface area contributed by atoms with Crippen LogP contribution in [0.5, 0.6) is 0 Å². The number of rotatable bonds is 3. The number of nitrogens with one attached hydrogen (secondary N) is 1. The molecule has 0 aliphatic rings. The van der Waals surface area contributed by atoms with Gasteiger partial charge >= 0.3 is 0 Å². The molecule has 1 aromatic carbocycles. The third kappa shape index (κ3) is 3.05. The molecule has 0 aliphatic heterocycles. The van der Waals surface area contributed by atoms with Crippen LogP contribution in [-0.4, -0.2) is 4.98 Å². The SMILES string of the molecule is N#Cc1ccc(NCc2cc(F)ccc2Br)nc1. The third-order valence-corrected chi connectivity index (χ3v) is 3.13. The standard InChI is InChI=1S/C13H9BrFN3/c14-12-3-2-11(15)5-10(12)8-18-13-4-1-9(6-16)7-17-13/h1-5,7H,8H2,(H,17,18). The molecule has 1 aromatic heterocycles. The monoisotopic (exact) mass is 305 g/mol. The maximum atomic E-state index is 13.1. The predicted octanol–water partition coefficient (Wildman–Crippen LogP) is 3.47. The van der Waals surface area contributed by atoms with E-state index in [1.165, 1.54) is 18.3 Å². The Labute approximate surface area is 112 Å². The van der Waals surface area contributed by atoms with Crippen LogP contribution in [0.3, 0.4) is 0 Å². The highest BCUT2D eigenvalue weighted by Gasteiger charge is 2.02. The fraction of sp³-hybridized carbons (Fsp3) is 0.0769. The molecule has 0 atom stereocenters. The lowest BCUT2D eigenvalue weighted by Gasteiger charge is -2.07. The summed E-state index contributed by atoms with van der Waals surface area (Å²) in [5, 5.41) is 11.7. The van der Waals surface area contributed by atoms with Crippen molar-refractivity contribution < 1.29 is 4.39 Å². The Bertz CT molecular complexity index is 590. The lowest BCUT2D eigenvalue weighted by atomic mass is 10.2. The Morgan fingerprint density at radius 1 is 1.33 bits per heavy atom. The molecule has 1 N–H and O–H groups in total. The molecular formula is C13H9BrFN3. The average molecular weight is 306 g/mol. The maximum absolute atomic E-state index is 13.1. The summed E-state index contributed by atoms with van der Waals surface area (Å²) < 4.78 is 13.9. The summed E-state index contributed by atoms with van der Waals surface area (Å²) >= 11 is 3.36. The molecule has 5 heteroatoms. The van der Waals surface area contributed by atoms with Crippen molar-refractivity contribution in [1.29, 1.82) is 5.26 Å². The molecule has 2 aromatic rings. The molecular weight excluding hydrogens is 297 g/mol. The number of halogens is 2. The Balaban J connectivity index is 2.07. The predicted molar refractivity (Wildman–Crippen MR) is 70.4 cm³/mol. The topological polar surface area (TPSA) is 48.7 Å². The minimum Gasteiger partial charge on any atom is -0.366 e. The van der Waals surface area contributed by atoms with Crippen molar-refractivity contribution in [2.75, 3.05) is 5.32 Å². The van der Waals surface area contributed by atoms with Crippen molar-refractivity contribution in [2.24, 2.45) is 0 Å². The molecule has 0 saturated carbocycles. The molecule has 90 valence electrons. The zero-order chi connectivity index (χ0) is 13.0. The molecule has 0 fully saturated rings. The normalized spacial score (nSPS) is 9.83. The van der Waals surface area contributed by atoms with Crippen molar-refractivity contribution in [3.05, 3.63) is 57.9 Å². The van der Waals surface area contributed by atoms with Gasteiger partial charge in [-0.05, 0) is 35.9 Å². The Morgan fingerprint density at radius 2 is 2.17 bits per heavy atom. The van der Waals surface area contributed by atoms with E-state index >= 15 is 0 Å². The van der Waals surface area contributed by atoms with Gasteiger partial charge < -0.3 is 5.32 Å². The summed E-state index contributed by atoms with van der Waals surface area (Å²) in [5.74, 6) is 0.368. The Hall–Kier alpha value is -1.93. The summed E-state index contributed by atoms with van der Waals surface area (Å²) in [5.41, 5.74) is 1.31. The van der Waals surface area contributed by atoms with Crippen molar-refractivity contribution in [2.45, 2.75) is 6.54 Å². The zero-order valence-electron chi connectivity index (χ0n) is 9.32. The molecule has 0 radical (unpaired) electrons. The molecule has 0 spiro atoms. The largest absolute Gasteiger partial charge is 0.366 e. The maximum Gasteiger partial charge on any atom is 0.126 e. The van der Waals surface area contributed by atoms with Gasteiger partial charge in [0.25, 0.3) is 0 Å². The first-order chi connectivity index (χ1) is 8.69. The van der Waals surface area contributed by atoms with Crippen LogP contribution in [0.4, 0.5) is 10.2 Å². The van der Waals surface area contributed by atoms with E-state index in [0.29, 0.717) is 17.9 Å². The second kappa shape index (κ2) is 5.61. The molecule has 18 heavy (non-hydrogen) atoms. The van der Waals surface area contributed by atoms with Gasteiger partial charge in [-0.25, -0.2) is 9.37 Å². The van der Waals surface area contributed by atoms with E-state index in [2.05, 4.69) is 26.2 Å². The number of benzene rings is 1. The molecule has 1 heterocycles. The summed E-state index contributed by atoms with van der Waals surface area (Å²) in [6.45, 7) is 0.456. The zero-order valence-corrected chi connectivity index (χ0v) is 10.9. The first kappa shape index (κ1) is 12.5. The second-order valence-electron chi connectivity index (χ2n) is 3.63. The second-order valence-corrected chi connectivity index (χ2v) is 4.49. The van der Waals surface area contributed by atoms with Gasteiger partial charge in [0, 0.05) is 17.2 Å². The summed E-state index contributed by atoms with van der Waals surface area (Å²) in [7, 11) is 0. The number of nitrogens with zero attached hydrogens (tertiary/aromatic N) is 2. The number of nitriles is 1. The first-order valence-electron chi connectivity index (χ1n) is 5.23. The number of anilines is 1. The van der Waals surface area contributed by atoms with Gasteiger partial charge in [-0.15, -0.1) is 0 Å². The molecule has 0 saturated heterocycles. The average Bonchev–Trinajstić information content (AvgIpc) is 2.40. The first-order valence-corrected chi connectivity index (χ1v) is 6.02. The number of hydrogen-bond acceptors (Lipinski definition) is 3. The van der Waals surface area contributed by atoms with Crippen LogP contribution in [0.25, 0.3) is 0 Å². The number of pyridine rings is 1.